The molecule has 0 fully saturated rings. The van der Waals surface area contributed by atoms with Crippen molar-refractivity contribution in [3.05, 3.63) is 53.8 Å². The summed E-state index contributed by atoms with van der Waals surface area (Å²) in [6, 6.07) is 11.1. The summed E-state index contributed by atoms with van der Waals surface area (Å²) in [5.41, 5.74) is 7.47. The summed E-state index contributed by atoms with van der Waals surface area (Å²) in [5.74, 6) is -0.929. The van der Waals surface area contributed by atoms with Crippen LogP contribution in [0.25, 0.3) is 0 Å². The number of nitrogens with one attached hydrogen (secondary N) is 1. The fourth-order valence-electron chi connectivity index (χ4n) is 1.91. The van der Waals surface area contributed by atoms with Crippen molar-refractivity contribution in [2.45, 2.75) is 0 Å². The van der Waals surface area contributed by atoms with E-state index in [1.807, 2.05) is 37.2 Å². The van der Waals surface area contributed by atoms with Crippen molar-refractivity contribution in [3.63, 3.8) is 0 Å². The van der Waals surface area contributed by atoms with E-state index in [4.69, 9.17) is 5.73 Å². The van der Waals surface area contributed by atoms with Crippen LogP contribution in [0.4, 0.5) is 21.5 Å². The number of rotatable bonds is 3. The zero-order valence-electron chi connectivity index (χ0n) is 11.4. The smallest absolute Gasteiger partial charge is 0.255 e. The van der Waals surface area contributed by atoms with E-state index in [9.17, 15) is 9.18 Å². The Morgan fingerprint density at radius 1 is 1.20 bits per heavy atom. The fourth-order valence-corrected chi connectivity index (χ4v) is 1.91. The molecule has 0 spiro atoms. The van der Waals surface area contributed by atoms with Crippen molar-refractivity contribution in [2.75, 3.05) is 30.0 Å². The number of nitrogens with two attached hydrogens (primary N) is 1. The highest BCUT2D eigenvalue weighted by atomic mass is 19.1. The third-order valence-electron chi connectivity index (χ3n) is 2.82. The van der Waals surface area contributed by atoms with Crippen molar-refractivity contribution in [1.29, 1.82) is 0 Å². The van der Waals surface area contributed by atoms with Gasteiger partial charge < -0.3 is 16.0 Å². The summed E-state index contributed by atoms with van der Waals surface area (Å²) in [5, 5.41) is 2.76. The van der Waals surface area contributed by atoms with Gasteiger partial charge in [0, 0.05) is 25.3 Å². The molecule has 0 unspecified atom stereocenters. The molecule has 0 saturated heterocycles. The maximum absolute atomic E-state index is 13.3. The number of benzene rings is 2. The molecule has 1 amide bonds. The van der Waals surface area contributed by atoms with Crippen LogP contribution in [0.15, 0.2) is 42.5 Å². The molecule has 0 heterocycles. The summed E-state index contributed by atoms with van der Waals surface area (Å²) in [4.78, 5) is 14.0. The van der Waals surface area contributed by atoms with Crippen LogP contribution < -0.4 is 16.0 Å². The number of hydrogen-bond acceptors (Lipinski definition) is 3. The van der Waals surface area contributed by atoms with Crippen molar-refractivity contribution in [1.82, 2.24) is 0 Å². The van der Waals surface area contributed by atoms with E-state index in [0.717, 1.165) is 11.8 Å². The summed E-state index contributed by atoms with van der Waals surface area (Å²) >= 11 is 0. The summed E-state index contributed by atoms with van der Waals surface area (Å²) in [6.45, 7) is 0. The Hall–Kier alpha value is -2.56. The zero-order valence-corrected chi connectivity index (χ0v) is 11.4. The van der Waals surface area contributed by atoms with Crippen LogP contribution in [0.2, 0.25) is 0 Å². The lowest BCUT2D eigenvalue weighted by Crippen LogP contribution is -2.17. The predicted molar refractivity (Wildman–Crippen MR) is 79.5 cm³/mol. The molecule has 0 saturated carbocycles. The van der Waals surface area contributed by atoms with Crippen molar-refractivity contribution >= 4 is 23.0 Å². The Morgan fingerprint density at radius 2 is 1.90 bits per heavy atom. The van der Waals surface area contributed by atoms with Gasteiger partial charge in [0.1, 0.15) is 5.82 Å². The van der Waals surface area contributed by atoms with Crippen LogP contribution >= 0.6 is 0 Å². The summed E-state index contributed by atoms with van der Waals surface area (Å²) in [7, 11) is 3.76. The molecule has 0 aliphatic rings. The maximum atomic E-state index is 13.3. The largest absolute Gasteiger partial charge is 0.399 e. The van der Waals surface area contributed by atoms with Crippen LogP contribution in [0.1, 0.15) is 10.4 Å². The lowest BCUT2D eigenvalue weighted by Gasteiger charge is -2.17. The van der Waals surface area contributed by atoms with Gasteiger partial charge in [0.25, 0.3) is 5.91 Å². The van der Waals surface area contributed by atoms with Crippen LogP contribution in [0, 0.1) is 5.82 Å². The van der Waals surface area contributed by atoms with Crippen LogP contribution in [0.5, 0.6) is 0 Å². The molecule has 3 N–H and O–H groups in total. The second-order valence-electron chi connectivity index (χ2n) is 4.64. The summed E-state index contributed by atoms with van der Waals surface area (Å²) in [6.07, 6.45) is 0. The van der Waals surface area contributed by atoms with Crippen LogP contribution in [0.3, 0.4) is 0 Å². The van der Waals surface area contributed by atoms with E-state index in [1.165, 1.54) is 12.1 Å². The standard InChI is InChI=1S/C15H16FN3O/c1-19(2)14-6-4-3-5-13(14)18-15(20)10-7-11(16)9-12(17)8-10/h3-9H,17H2,1-2H3,(H,18,20). The third-order valence-corrected chi connectivity index (χ3v) is 2.82. The van der Waals surface area contributed by atoms with Crippen molar-refractivity contribution in [2.24, 2.45) is 0 Å². The number of carbonyl (C=O) groups excluding carboxylic acids is 1. The van der Waals surface area contributed by atoms with E-state index in [2.05, 4.69) is 5.32 Å². The fraction of sp³-hybridized carbons (Fsp3) is 0.133. The van der Waals surface area contributed by atoms with Gasteiger partial charge in [-0.3, -0.25) is 4.79 Å². The number of nitrogens with zero attached hydrogens (tertiary/aromatic N) is 1. The van der Waals surface area contributed by atoms with Gasteiger partial charge in [-0.15, -0.1) is 0 Å². The highest BCUT2D eigenvalue weighted by molar-refractivity contribution is 6.06. The molecule has 0 aromatic heterocycles. The highest BCUT2D eigenvalue weighted by Crippen LogP contribution is 2.24. The van der Waals surface area contributed by atoms with E-state index < -0.39 is 11.7 Å². The topological polar surface area (TPSA) is 58.4 Å². The van der Waals surface area contributed by atoms with Gasteiger partial charge in [-0.1, -0.05) is 12.1 Å². The molecule has 2 aromatic rings. The average molecular weight is 273 g/mol. The predicted octanol–water partition coefficient (Wildman–Crippen LogP) is 2.73. The van der Waals surface area contributed by atoms with E-state index >= 15 is 0 Å². The van der Waals surface area contributed by atoms with Gasteiger partial charge in [0.05, 0.1) is 11.4 Å². The first kappa shape index (κ1) is 13.9. The highest BCUT2D eigenvalue weighted by Gasteiger charge is 2.11. The van der Waals surface area contributed by atoms with Gasteiger partial charge >= 0.3 is 0 Å². The SMILES string of the molecule is CN(C)c1ccccc1NC(=O)c1cc(N)cc(F)c1. The molecular weight excluding hydrogens is 257 g/mol. The average Bonchev–Trinajstić information content (AvgIpc) is 2.37. The molecule has 0 radical (unpaired) electrons. The van der Waals surface area contributed by atoms with E-state index in [0.29, 0.717) is 5.69 Å². The third kappa shape index (κ3) is 3.06. The Morgan fingerprint density at radius 3 is 2.55 bits per heavy atom. The number of para-hydroxylation sites is 2. The number of carbonyl (C=O) groups is 1. The molecule has 4 nitrogen and oxygen atoms in total. The quantitative estimate of drug-likeness (QED) is 0.845. The Kier molecular flexibility index (Phi) is 3.89. The van der Waals surface area contributed by atoms with E-state index in [-0.39, 0.29) is 11.3 Å². The summed E-state index contributed by atoms with van der Waals surface area (Å²) < 4.78 is 13.3. The van der Waals surface area contributed by atoms with Crippen molar-refractivity contribution < 1.29 is 9.18 Å². The van der Waals surface area contributed by atoms with Crippen LogP contribution in [-0.4, -0.2) is 20.0 Å². The normalized spacial score (nSPS) is 10.2. The number of nitrogen functional groups attached to an aromatic ring is 1. The molecule has 20 heavy (non-hydrogen) atoms. The Balaban J connectivity index is 2.28. The number of halogens is 1. The zero-order chi connectivity index (χ0) is 14.7. The van der Waals surface area contributed by atoms with Gasteiger partial charge in [0.15, 0.2) is 0 Å². The first-order valence-electron chi connectivity index (χ1n) is 6.11. The minimum atomic E-state index is -0.531. The number of amides is 1. The molecule has 0 aliphatic heterocycles. The van der Waals surface area contributed by atoms with Gasteiger partial charge in [-0.2, -0.15) is 0 Å². The second-order valence-corrected chi connectivity index (χ2v) is 4.64. The first-order valence-corrected chi connectivity index (χ1v) is 6.11. The Labute approximate surface area is 117 Å². The maximum Gasteiger partial charge on any atom is 0.255 e. The number of hydrogen-bond donors (Lipinski definition) is 2. The van der Waals surface area contributed by atoms with Gasteiger partial charge in [-0.05, 0) is 30.3 Å². The second kappa shape index (κ2) is 5.61. The van der Waals surface area contributed by atoms with Crippen molar-refractivity contribution in [3.8, 4) is 0 Å². The Bertz CT molecular complexity index is 621. The minimum Gasteiger partial charge on any atom is -0.399 e. The van der Waals surface area contributed by atoms with Gasteiger partial charge in [0.2, 0.25) is 0 Å². The molecule has 2 rings (SSSR count). The van der Waals surface area contributed by atoms with Gasteiger partial charge in [-0.25, -0.2) is 4.39 Å². The van der Waals surface area contributed by atoms with E-state index in [1.54, 1.807) is 6.07 Å². The molecule has 104 valence electrons. The molecule has 0 aliphatic carbocycles. The number of anilines is 3. The molecule has 0 bridgehead atoms. The molecular formula is C15H16FN3O. The lowest BCUT2D eigenvalue weighted by atomic mass is 10.1. The minimum absolute atomic E-state index is 0.191. The van der Waals surface area contributed by atoms with Crippen LogP contribution in [-0.2, 0) is 0 Å². The lowest BCUT2D eigenvalue weighted by molar-refractivity contribution is 0.102. The monoisotopic (exact) mass is 273 g/mol. The molecule has 2 aromatic carbocycles. The first-order chi connectivity index (χ1) is 9.47. The molecule has 5 heteroatoms. The molecule has 0 atom stereocenters.